The highest BCUT2D eigenvalue weighted by Crippen LogP contribution is 2.50. The van der Waals surface area contributed by atoms with Crippen LogP contribution >= 0.6 is 23.5 Å². The van der Waals surface area contributed by atoms with Crippen LogP contribution in [0.1, 0.15) is 58.9 Å². The molecule has 31 heavy (non-hydrogen) atoms. The van der Waals surface area contributed by atoms with Gasteiger partial charge in [-0.1, -0.05) is 51.1 Å². The maximum atomic E-state index is 6.74. The third kappa shape index (κ3) is 9.05. The molecule has 0 saturated carbocycles. The van der Waals surface area contributed by atoms with E-state index < -0.39 is 8.32 Å². The molecule has 1 heterocycles. The Morgan fingerprint density at radius 1 is 1.06 bits per heavy atom. The van der Waals surface area contributed by atoms with Crippen LogP contribution in [0.5, 0.6) is 0 Å². The summed E-state index contributed by atoms with van der Waals surface area (Å²) < 4.78 is 18.8. The monoisotopic (exact) mass is 484 g/mol. The molecule has 3 nitrogen and oxygen atoms in total. The van der Waals surface area contributed by atoms with Gasteiger partial charge in [-0.05, 0) is 67.8 Å². The summed E-state index contributed by atoms with van der Waals surface area (Å²) in [6.45, 7) is 15.4. The van der Waals surface area contributed by atoms with E-state index in [0.29, 0.717) is 6.61 Å². The van der Waals surface area contributed by atoms with E-state index in [9.17, 15) is 0 Å². The highest BCUT2D eigenvalue weighted by Gasteiger charge is 2.42. The van der Waals surface area contributed by atoms with E-state index in [1.165, 1.54) is 23.5 Å². The standard InChI is InChI=1S/C25H44O3S2Si/c1-21(28-31(6,7)24(2,3)4)18-25(29-16-11-17-30-25)19-23(26-5)14-15-27-20-22-12-9-8-10-13-22/h8-10,12-13,21,23H,11,14-20H2,1-7H3/t21-,23+/m0/s1. The summed E-state index contributed by atoms with van der Waals surface area (Å²) in [4.78, 5) is 0. The fourth-order valence-electron chi connectivity index (χ4n) is 3.72. The third-order valence-corrected chi connectivity index (χ3v) is 14.5. The van der Waals surface area contributed by atoms with Gasteiger partial charge in [0.25, 0.3) is 0 Å². The second kappa shape index (κ2) is 12.5. The van der Waals surface area contributed by atoms with Gasteiger partial charge in [-0.2, -0.15) is 0 Å². The Kier molecular flexibility index (Phi) is 11.0. The quantitative estimate of drug-likeness (QED) is 0.228. The lowest BCUT2D eigenvalue weighted by Crippen LogP contribution is -2.45. The molecule has 1 saturated heterocycles. The van der Waals surface area contributed by atoms with Crippen LogP contribution in [0.3, 0.4) is 0 Å². The van der Waals surface area contributed by atoms with Crippen LogP contribution < -0.4 is 0 Å². The van der Waals surface area contributed by atoms with Gasteiger partial charge in [0.2, 0.25) is 0 Å². The molecule has 0 aromatic heterocycles. The lowest BCUT2D eigenvalue weighted by Gasteiger charge is -2.43. The molecule has 0 spiro atoms. The fourth-order valence-corrected chi connectivity index (χ4v) is 8.82. The number of rotatable bonds is 12. The van der Waals surface area contributed by atoms with Gasteiger partial charge in [-0.25, -0.2) is 0 Å². The summed E-state index contributed by atoms with van der Waals surface area (Å²) in [5, 5.41) is 0.242. The first kappa shape index (κ1) is 27.3. The second-order valence-electron chi connectivity index (χ2n) is 10.2. The van der Waals surface area contributed by atoms with Gasteiger partial charge < -0.3 is 13.9 Å². The average molecular weight is 485 g/mol. The van der Waals surface area contributed by atoms with Gasteiger partial charge in [-0.15, -0.1) is 23.5 Å². The fraction of sp³-hybridized carbons (Fsp3) is 0.760. The molecule has 178 valence electrons. The summed E-state index contributed by atoms with van der Waals surface area (Å²) in [6, 6.07) is 10.4. The van der Waals surface area contributed by atoms with Gasteiger partial charge in [0.05, 0.1) is 16.8 Å². The Morgan fingerprint density at radius 3 is 2.29 bits per heavy atom. The Morgan fingerprint density at radius 2 is 1.71 bits per heavy atom. The van der Waals surface area contributed by atoms with Crippen molar-refractivity contribution in [3.05, 3.63) is 35.9 Å². The first-order valence-electron chi connectivity index (χ1n) is 11.7. The highest BCUT2D eigenvalue weighted by atomic mass is 32.2. The molecule has 6 heteroatoms. The zero-order valence-electron chi connectivity index (χ0n) is 20.7. The molecule has 0 amide bonds. The summed E-state index contributed by atoms with van der Waals surface area (Å²) in [7, 11) is 0.0888. The van der Waals surface area contributed by atoms with Crippen LogP contribution in [-0.4, -0.2) is 49.8 Å². The van der Waals surface area contributed by atoms with E-state index in [0.717, 1.165) is 25.9 Å². The van der Waals surface area contributed by atoms with Crippen LogP contribution in [0.15, 0.2) is 30.3 Å². The lowest BCUT2D eigenvalue weighted by atomic mass is 10.1. The van der Waals surface area contributed by atoms with Crippen molar-refractivity contribution in [3.63, 3.8) is 0 Å². The topological polar surface area (TPSA) is 27.7 Å². The van der Waals surface area contributed by atoms with Crippen molar-refractivity contribution in [3.8, 4) is 0 Å². The maximum absolute atomic E-state index is 6.74. The summed E-state index contributed by atoms with van der Waals surface area (Å²) >= 11 is 4.26. The molecule has 1 aliphatic rings. The molecule has 1 aromatic carbocycles. The van der Waals surface area contributed by atoms with Crippen LogP contribution in [0, 0.1) is 0 Å². The van der Waals surface area contributed by atoms with E-state index >= 15 is 0 Å². The van der Waals surface area contributed by atoms with Crippen molar-refractivity contribution in [2.24, 2.45) is 0 Å². The van der Waals surface area contributed by atoms with E-state index in [1.54, 1.807) is 0 Å². The molecular formula is C25H44O3S2Si. The molecule has 0 radical (unpaired) electrons. The Balaban J connectivity index is 1.91. The molecule has 2 atom stereocenters. The van der Waals surface area contributed by atoms with Crippen LogP contribution in [-0.2, 0) is 20.5 Å². The molecular weight excluding hydrogens is 440 g/mol. The SMILES string of the molecule is CO[C@H](CCOCc1ccccc1)CC1(C[C@H](C)O[Si](C)(C)C(C)(C)C)SCCCS1. The number of benzene rings is 1. The van der Waals surface area contributed by atoms with E-state index in [-0.39, 0.29) is 21.3 Å². The van der Waals surface area contributed by atoms with Gasteiger partial charge in [0.15, 0.2) is 8.32 Å². The number of methoxy groups -OCH3 is 1. The molecule has 0 unspecified atom stereocenters. The van der Waals surface area contributed by atoms with Gasteiger partial charge in [0.1, 0.15) is 0 Å². The minimum atomic E-state index is -1.76. The minimum absolute atomic E-state index is 0.181. The van der Waals surface area contributed by atoms with E-state index in [4.69, 9.17) is 13.9 Å². The Labute approximate surface area is 200 Å². The van der Waals surface area contributed by atoms with Crippen molar-refractivity contribution < 1.29 is 13.9 Å². The number of ether oxygens (including phenoxy) is 2. The summed E-state index contributed by atoms with van der Waals surface area (Å²) in [5.41, 5.74) is 1.22. The van der Waals surface area contributed by atoms with Crippen LogP contribution in [0.25, 0.3) is 0 Å². The van der Waals surface area contributed by atoms with E-state index in [1.807, 2.05) is 13.2 Å². The molecule has 1 aliphatic heterocycles. The second-order valence-corrected chi connectivity index (χ2v) is 18.2. The van der Waals surface area contributed by atoms with Crippen LogP contribution in [0.2, 0.25) is 18.1 Å². The minimum Gasteiger partial charge on any atom is -0.414 e. The lowest BCUT2D eigenvalue weighted by molar-refractivity contribution is 0.0387. The molecule has 1 fully saturated rings. The molecule has 0 bridgehead atoms. The van der Waals surface area contributed by atoms with Crippen molar-refractivity contribution in [2.45, 2.75) is 94.4 Å². The largest absolute Gasteiger partial charge is 0.414 e. The van der Waals surface area contributed by atoms with Crippen molar-refractivity contribution in [1.82, 2.24) is 0 Å². The number of hydrogen-bond donors (Lipinski definition) is 0. The third-order valence-electron chi connectivity index (χ3n) is 6.49. The summed E-state index contributed by atoms with van der Waals surface area (Å²) in [5.74, 6) is 2.47. The normalized spacial score (nSPS) is 19.2. The molecule has 1 aromatic rings. The predicted octanol–water partition coefficient (Wildman–Crippen LogP) is 7.37. The number of hydrogen-bond acceptors (Lipinski definition) is 5. The van der Waals surface area contributed by atoms with E-state index in [2.05, 4.69) is 88.6 Å². The average Bonchev–Trinajstić information content (AvgIpc) is 2.70. The summed E-state index contributed by atoms with van der Waals surface area (Å²) in [6.07, 6.45) is 4.86. The van der Waals surface area contributed by atoms with Gasteiger partial charge >= 0.3 is 0 Å². The van der Waals surface area contributed by atoms with Gasteiger partial charge in [0, 0.05) is 19.8 Å². The number of thioether (sulfide) groups is 2. The van der Waals surface area contributed by atoms with Crippen molar-refractivity contribution in [2.75, 3.05) is 25.2 Å². The predicted molar refractivity (Wildman–Crippen MR) is 141 cm³/mol. The zero-order valence-corrected chi connectivity index (χ0v) is 23.4. The highest BCUT2D eigenvalue weighted by molar-refractivity contribution is 8.18. The smallest absolute Gasteiger partial charge is 0.192 e. The first-order valence-corrected chi connectivity index (χ1v) is 16.5. The van der Waals surface area contributed by atoms with Crippen molar-refractivity contribution >= 4 is 31.8 Å². The van der Waals surface area contributed by atoms with Crippen LogP contribution in [0.4, 0.5) is 0 Å². The molecule has 0 N–H and O–H groups in total. The van der Waals surface area contributed by atoms with Crippen molar-refractivity contribution in [1.29, 1.82) is 0 Å². The first-order chi connectivity index (χ1) is 14.6. The van der Waals surface area contributed by atoms with Gasteiger partial charge in [-0.3, -0.25) is 0 Å². The molecule has 0 aliphatic carbocycles. The molecule has 2 rings (SSSR count). The Bertz CT molecular complexity index is 627. The maximum Gasteiger partial charge on any atom is 0.192 e. The Hall–Kier alpha value is 0.0169. The zero-order chi connectivity index (χ0) is 23.0.